The van der Waals surface area contributed by atoms with Crippen molar-refractivity contribution >= 4 is 11.9 Å². The summed E-state index contributed by atoms with van der Waals surface area (Å²) in [5.41, 5.74) is 0.274. The molecule has 4 nitrogen and oxygen atoms in total. The maximum atomic E-state index is 12.2. The predicted octanol–water partition coefficient (Wildman–Crippen LogP) is 3.79. The first-order chi connectivity index (χ1) is 10.6. The Balaban J connectivity index is 1.67. The number of ether oxygens (including phenoxy) is 2. The minimum atomic E-state index is -0.499. The second-order valence-corrected chi connectivity index (χ2v) is 9.05. The molecular weight excluding hydrogens is 292 g/mol. The van der Waals surface area contributed by atoms with Crippen molar-refractivity contribution in [1.82, 2.24) is 0 Å². The first-order valence-electron chi connectivity index (χ1n) is 8.73. The van der Waals surface area contributed by atoms with Gasteiger partial charge in [-0.15, -0.1) is 0 Å². The van der Waals surface area contributed by atoms with Crippen LogP contribution in [0.1, 0.15) is 66.2 Å². The molecule has 0 spiro atoms. The smallest absolute Gasteiger partial charge is 0.331 e. The summed E-state index contributed by atoms with van der Waals surface area (Å²) in [7, 11) is 0. The molecule has 0 radical (unpaired) electrons. The summed E-state index contributed by atoms with van der Waals surface area (Å²) in [5, 5.41) is 0. The number of esters is 2. The second kappa shape index (κ2) is 5.35. The van der Waals surface area contributed by atoms with E-state index < -0.39 is 11.9 Å². The molecule has 0 aliphatic heterocycles. The van der Waals surface area contributed by atoms with Crippen LogP contribution in [0, 0.1) is 16.7 Å². The SMILES string of the molecule is CC(C)OC(=O)/C=C/C(=O)OC12CC3CC(C)(CC(C)(C3)C1)C2. The fourth-order valence-electron chi connectivity index (χ4n) is 6.11. The minimum absolute atomic E-state index is 0.189. The molecule has 0 heterocycles. The summed E-state index contributed by atoms with van der Waals surface area (Å²) in [6.45, 7) is 8.24. The van der Waals surface area contributed by atoms with E-state index in [0.717, 1.165) is 19.3 Å². The number of hydrogen-bond donors (Lipinski definition) is 0. The summed E-state index contributed by atoms with van der Waals surface area (Å²) in [4.78, 5) is 23.7. The number of hydrogen-bond acceptors (Lipinski definition) is 4. The van der Waals surface area contributed by atoms with Crippen molar-refractivity contribution in [3.8, 4) is 0 Å². The molecule has 2 unspecified atom stereocenters. The molecule has 4 fully saturated rings. The largest absolute Gasteiger partial charge is 0.460 e. The molecule has 4 rings (SSSR count). The standard InChI is InChI=1S/C19H28O4/c1-13(2)22-15(20)5-6-16(21)23-19-9-14-7-17(3,11-19)10-18(4,8-14)12-19/h5-6,13-14H,7-12H2,1-4H3/b6-5+. The van der Waals surface area contributed by atoms with Gasteiger partial charge in [-0.2, -0.15) is 0 Å². The predicted molar refractivity (Wildman–Crippen MR) is 86.6 cm³/mol. The van der Waals surface area contributed by atoms with Gasteiger partial charge in [0.2, 0.25) is 0 Å². The number of carbonyl (C=O) groups excluding carboxylic acids is 2. The molecule has 4 aliphatic rings. The maximum Gasteiger partial charge on any atom is 0.331 e. The van der Waals surface area contributed by atoms with Crippen LogP contribution in [0.3, 0.4) is 0 Å². The normalized spacial score (nSPS) is 41.5. The molecule has 4 bridgehead atoms. The van der Waals surface area contributed by atoms with Crippen molar-refractivity contribution in [2.75, 3.05) is 0 Å². The Bertz CT molecular complexity index is 530. The van der Waals surface area contributed by atoms with Gasteiger partial charge in [0.25, 0.3) is 0 Å². The third-order valence-electron chi connectivity index (χ3n) is 5.60. The van der Waals surface area contributed by atoms with Crippen LogP contribution >= 0.6 is 0 Å². The molecule has 0 N–H and O–H groups in total. The Morgan fingerprint density at radius 2 is 1.52 bits per heavy atom. The van der Waals surface area contributed by atoms with Gasteiger partial charge in [0.1, 0.15) is 5.60 Å². The van der Waals surface area contributed by atoms with Crippen LogP contribution in [0.25, 0.3) is 0 Å². The van der Waals surface area contributed by atoms with E-state index in [4.69, 9.17) is 9.47 Å². The average molecular weight is 320 g/mol. The lowest BCUT2D eigenvalue weighted by molar-refractivity contribution is -0.212. The van der Waals surface area contributed by atoms with Crippen LogP contribution < -0.4 is 0 Å². The van der Waals surface area contributed by atoms with Crippen LogP contribution in [0.15, 0.2) is 12.2 Å². The van der Waals surface area contributed by atoms with Crippen molar-refractivity contribution in [2.24, 2.45) is 16.7 Å². The van der Waals surface area contributed by atoms with E-state index in [1.165, 1.54) is 31.4 Å². The van der Waals surface area contributed by atoms with Gasteiger partial charge in [-0.3, -0.25) is 0 Å². The second-order valence-electron chi connectivity index (χ2n) is 9.05. The molecule has 4 saturated carbocycles. The van der Waals surface area contributed by atoms with Gasteiger partial charge >= 0.3 is 11.9 Å². The van der Waals surface area contributed by atoms with Gasteiger partial charge in [-0.25, -0.2) is 9.59 Å². The quantitative estimate of drug-likeness (QED) is 0.584. The average Bonchev–Trinajstić information content (AvgIpc) is 2.30. The summed E-state index contributed by atoms with van der Waals surface area (Å²) in [6, 6.07) is 0. The maximum absolute atomic E-state index is 12.2. The van der Waals surface area contributed by atoms with E-state index >= 15 is 0 Å². The third kappa shape index (κ3) is 3.46. The van der Waals surface area contributed by atoms with E-state index in [2.05, 4.69) is 13.8 Å². The third-order valence-corrected chi connectivity index (χ3v) is 5.60. The number of carbonyl (C=O) groups is 2. The Labute approximate surface area is 138 Å². The number of rotatable bonds is 4. The molecule has 4 aliphatic carbocycles. The molecule has 0 aromatic carbocycles. The molecule has 0 aromatic heterocycles. The molecule has 0 amide bonds. The van der Waals surface area contributed by atoms with E-state index in [0.29, 0.717) is 16.7 Å². The Morgan fingerprint density at radius 3 is 2.04 bits per heavy atom. The highest BCUT2D eigenvalue weighted by Gasteiger charge is 2.61. The lowest BCUT2D eigenvalue weighted by Gasteiger charge is -2.64. The van der Waals surface area contributed by atoms with Crippen molar-refractivity contribution in [2.45, 2.75) is 77.9 Å². The lowest BCUT2D eigenvalue weighted by atomic mass is 9.43. The fourth-order valence-corrected chi connectivity index (χ4v) is 6.11. The highest BCUT2D eigenvalue weighted by Crippen LogP contribution is 2.67. The summed E-state index contributed by atoms with van der Waals surface area (Å²) in [5.74, 6) is -0.245. The molecule has 4 heteroatoms. The molecule has 0 saturated heterocycles. The van der Waals surface area contributed by atoms with E-state index in [9.17, 15) is 9.59 Å². The summed E-state index contributed by atoms with van der Waals surface area (Å²) < 4.78 is 10.9. The molecule has 23 heavy (non-hydrogen) atoms. The molecule has 0 aromatic rings. The van der Waals surface area contributed by atoms with Crippen molar-refractivity contribution in [1.29, 1.82) is 0 Å². The van der Waals surface area contributed by atoms with Crippen molar-refractivity contribution < 1.29 is 19.1 Å². The molecule has 128 valence electrons. The topological polar surface area (TPSA) is 52.6 Å². The minimum Gasteiger partial charge on any atom is -0.460 e. The fraction of sp³-hybridized carbons (Fsp3) is 0.789. The van der Waals surface area contributed by atoms with E-state index in [1.54, 1.807) is 13.8 Å². The van der Waals surface area contributed by atoms with Gasteiger partial charge in [-0.05, 0) is 69.1 Å². The monoisotopic (exact) mass is 320 g/mol. The highest BCUT2D eigenvalue weighted by atomic mass is 16.6. The van der Waals surface area contributed by atoms with Crippen LogP contribution in [-0.4, -0.2) is 23.6 Å². The van der Waals surface area contributed by atoms with Gasteiger partial charge in [0.05, 0.1) is 6.10 Å². The molecular formula is C19H28O4. The Hall–Kier alpha value is -1.32. The summed E-state index contributed by atoms with van der Waals surface area (Å²) in [6.07, 6.45) is 8.87. The van der Waals surface area contributed by atoms with Crippen LogP contribution in [0.5, 0.6) is 0 Å². The highest BCUT2D eigenvalue weighted by molar-refractivity contribution is 5.91. The van der Waals surface area contributed by atoms with Gasteiger partial charge < -0.3 is 9.47 Å². The first-order valence-corrected chi connectivity index (χ1v) is 8.73. The van der Waals surface area contributed by atoms with E-state index in [-0.39, 0.29) is 11.7 Å². The summed E-state index contributed by atoms with van der Waals surface area (Å²) >= 11 is 0. The van der Waals surface area contributed by atoms with Crippen LogP contribution in [0.4, 0.5) is 0 Å². The Kier molecular flexibility index (Phi) is 3.85. The van der Waals surface area contributed by atoms with E-state index in [1.807, 2.05) is 0 Å². The zero-order valence-corrected chi connectivity index (χ0v) is 14.7. The van der Waals surface area contributed by atoms with Crippen LogP contribution in [-0.2, 0) is 19.1 Å². The van der Waals surface area contributed by atoms with Gasteiger partial charge in [0, 0.05) is 12.2 Å². The lowest BCUT2D eigenvalue weighted by Crippen LogP contribution is -2.59. The van der Waals surface area contributed by atoms with Crippen LogP contribution in [0.2, 0.25) is 0 Å². The first kappa shape index (κ1) is 16.5. The van der Waals surface area contributed by atoms with Crippen molar-refractivity contribution in [3.05, 3.63) is 12.2 Å². The zero-order valence-electron chi connectivity index (χ0n) is 14.7. The van der Waals surface area contributed by atoms with Gasteiger partial charge in [0.15, 0.2) is 0 Å². The van der Waals surface area contributed by atoms with Crippen molar-refractivity contribution in [3.63, 3.8) is 0 Å². The zero-order chi connectivity index (χ0) is 16.9. The van der Waals surface area contributed by atoms with Gasteiger partial charge in [-0.1, -0.05) is 13.8 Å². The molecule has 2 atom stereocenters. The Morgan fingerprint density at radius 1 is 0.957 bits per heavy atom.